The number of nitrogens with zero attached hydrogens (tertiary/aromatic N) is 1. The molecule has 1 atom stereocenters. The third-order valence-corrected chi connectivity index (χ3v) is 10.5. The number of rotatable bonds is 15. The van der Waals surface area contributed by atoms with Crippen LogP contribution in [0.25, 0.3) is 20.5 Å². The van der Waals surface area contributed by atoms with Crippen molar-refractivity contribution in [3.8, 4) is 33.4 Å². The van der Waals surface area contributed by atoms with Gasteiger partial charge in [-0.25, -0.2) is 0 Å². The fraction of sp³-hybridized carbons (Fsp3) is 0.256. The molecule has 2 aliphatic heterocycles. The van der Waals surface area contributed by atoms with Gasteiger partial charge in [0.2, 0.25) is 11.8 Å². The van der Waals surface area contributed by atoms with E-state index in [1.807, 2.05) is 66.7 Å². The van der Waals surface area contributed by atoms with Crippen LogP contribution in [0.15, 0.2) is 89.4 Å². The van der Waals surface area contributed by atoms with Crippen LogP contribution in [0.2, 0.25) is 0 Å². The zero-order chi connectivity index (χ0) is 36.0. The highest BCUT2D eigenvalue weighted by Crippen LogP contribution is 2.47. The smallest absolute Gasteiger partial charge is 0.255 e. The molecule has 3 N–H and O–H groups in total. The Morgan fingerprint density at radius 3 is 2.40 bits per heavy atom. The van der Waals surface area contributed by atoms with Crippen molar-refractivity contribution in [1.29, 1.82) is 0 Å². The maximum atomic E-state index is 12.9. The lowest BCUT2D eigenvalue weighted by Gasteiger charge is -2.29. The first-order valence-corrected chi connectivity index (χ1v) is 18.5. The molecule has 268 valence electrons. The fourth-order valence-electron chi connectivity index (χ4n) is 6.17. The zero-order valence-corrected chi connectivity index (χ0v) is 30.5. The SMILES string of the molecule is O=C1CCC(N2Cc3cc(NCCOCCOCCOc4ccc(Oc5c(-c6ccc(Br)cc6)sc6cc(O)ccc56)cc4)ccc3C2=O)C(=O)N1. The van der Waals surface area contributed by atoms with Crippen LogP contribution < -0.4 is 20.1 Å². The molecule has 4 aromatic carbocycles. The Morgan fingerprint density at radius 2 is 1.62 bits per heavy atom. The molecule has 1 aromatic heterocycles. The van der Waals surface area contributed by atoms with Gasteiger partial charge in [0.15, 0.2) is 5.75 Å². The predicted molar refractivity (Wildman–Crippen MR) is 201 cm³/mol. The quantitative estimate of drug-likeness (QED) is 0.0750. The Bertz CT molecular complexity index is 2090. The predicted octanol–water partition coefficient (Wildman–Crippen LogP) is 7.11. The molecule has 11 nitrogen and oxygen atoms in total. The molecule has 0 bridgehead atoms. The molecule has 1 fully saturated rings. The highest BCUT2D eigenvalue weighted by Gasteiger charge is 2.39. The molecule has 5 aromatic rings. The number of carbonyl (C=O) groups is 3. The van der Waals surface area contributed by atoms with E-state index in [-0.39, 0.29) is 24.0 Å². The third-order valence-electron chi connectivity index (χ3n) is 8.75. The summed E-state index contributed by atoms with van der Waals surface area (Å²) in [5.74, 6) is 1.42. The molecule has 7 rings (SSSR count). The molecular weight excluding hydrogens is 750 g/mol. The number of aromatic hydroxyl groups is 1. The van der Waals surface area contributed by atoms with E-state index >= 15 is 0 Å². The molecule has 0 radical (unpaired) electrons. The van der Waals surface area contributed by atoms with Crippen molar-refractivity contribution in [3.05, 3.63) is 101 Å². The van der Waals surface area contributed by atoms with Crippen LogP contribution in [0.1, 0.15) is 28.8 Å². The number of benzene rings is 4. The van der Waals surface area contributed by atoms with Gasteiger partial charge in [-0.05, 0) is 90.3 Å². The summed E-state index contributed by atoms with van der Waals surface area (Å²) in [5.41, 5.74) is 3.32. The number of fused-ring (bicyclic) bond motifs is 2. The second-order valence-corrected chi connectivity index (χ2v) is 14.3. The highest BCUT2D eigenvalue weighted by molar-refractivity contribution is 9.10. The van der Waals surface area contributed by atoms with Crippen molar-refractivity contribution < 1.29 is 38.4 Å². The Hall–Kier alpha value is -4.95. The van der Waals surface area contributed by atoms with Gasteiger partial charge in [-0.2, -0.15) is 0 Å². The first kappa shape index (κ1) is 35.5. The van der Waals surface area contributed by atoms with E-state index in [2.05, 4.69) is 26.6 Å². The lowest BCUT2D eigenvalue weighted by molar-refractivity contribution is -0.136. The van der Waals surface area contributed by atoms with Crippen molar-refractivity contribution in [1.82, 2.24) is 10.2 Å². The molecular formula is C39H36BrN3O8S. The summed E-state index contributed by atoms with van der Waals surface area (Å²) >= 11 is 5.07. The number of ether oxygens (including phenoxy) is 4. The Morgan fingerprint density at radius 1 is 0.865 bits per heavy atom. The van der Waals surface area contributed by atoms with E-state index in [0.717, 1.165) is 42.0 Å². The van der Waals surface area contributed by atoms with Gasteiger partial charge < -0.3 is 34.3 Å². The second-order valence-electron chi connectivity index (χ2n) is 12.3. The number of thiophene rings is 1. The van der Waals surface area contributed by atoms with E-state index in [0.29, 0.717) is 69.6 Å². The van der Waals surface area contributed by atoms with Crippen LogP contribution in [0.5, 0.6) is 23.0 Å². The number of hydrogen-bond acceptors (Lipinski definition) is 10. The molecule has 13 heteroatoms. The van der Waals surface area contributed by atoms with Gasteiger partial charge in [-0.15, -0.1) is 11.3 Å². The van der Waals surface area contributed by atoms with E-state index in [4.69, 9.17) is 18.9 Å². The second kappa shape index (κ2) is 16.2. The summed E-state index contributed by atoms with van der Waals surface area (Å²) in [6.45, 7) is 3.05. The Kier molecular flexibility index (Phi) is 11.0. The number of imide groups is 1. The van der Waals surface area contributed by atoms with Gasteiger partial charge in [0.05, 0.1) is 31.3 Å². The third kappa shape index (κ3) is 8.23. The summed E-state index contributed by atoms with van der Waals surface area (Å²) in [5, 5.41) is 16.6. The number of nitrogens with one attached hydrogen (secondary N) is 2. The van der Waals surface area contributed by atoms with E-state index < -0.39 is 11.9 Å². The summed E-state index contributed by atoms with van der Waals surface area (Å²) in [4.78, 5) is 39.2. The molecule has 52 heavy (non-hydrogen) atoms. The van der Waals surface area contributed by atoms with Crippen molar-refractivity contribution in [2.75, 3.05) is 44.9 Å². The number of halogens is 1. The molecule has 0 saturated carbocycles. The number of anilines is 1. The number of carbonyl (C=O) groups excluding carboxylic acids is 3. The molecule has 0 spiro atoms. The minimum absolute atomic E-state index is 0.189. The summed E-state index contributed by atoms with van der Waals surface area (Å²) < 4.78 is 25.5. The van der Waals surface area contributed by atoms with E-state index in [1.54, 1.807) is 34.4 Å². The monoisotopic (exact) mass is 785 g/mol. The number of phenolic OH excluding ortho intramolecular Hbond substituents is 1. The van der Waals surface area contributed by atoms with Crippen LogP contribution in [-0.4, -0.2) is 73.3 Å². The number of piperidine rings is 1. The van der Waals surface area contributed by atoms with Gasteiger partial charge in [-0.3, -0.25) is 19.7 Å². The van der Waals surface area contributed by atoms with Crippen molar-refractivity contribution in [3.63, 3.8) is 0 Å². The highest BCUT2D eigenvalue weighted by atomic mass is 79.9. The lowest BCUT2D eigenvalue weighted by atomic mass is 10.0. The average Bonchev–Trinajstić information content (AvgIpc) is 3.66. The van der Waals surface area contributed by atoms with Gasteiger partial charge in [0.1, 0.15) is 29.9 Å². The maximum Gasteiger partial charge on any atom is 0.255 e. The van der Waals surface area contributed by atoms with Gasteiger partial charge >= 0.3 is 0 Å². The summed E-state index contributed by atoms with van der Waals surface area (Å²) in [6.07, 6.45) is 0.569. The van der Waals surface area contributed by atoms with Crippen LogP contribution in [0, 0.1) is 0 Å². The van der Waals surface area contributed by atoms with Crippen molar-refractivity contribution in [2.24, 2.45) is 0 Å². The topological polar surface area (TPSA) is 136 Å². The number of phenols is 1. The standard InChI is InChI=1S/C39H36BrN3O8S/c40-26-3-1-24(2-4-26)37-36(32-12-6-28(44)22-34(32)52-37)51-30-9-7-29(8-10-30)50-20-19-49-18-17-48-16-15-41-27-5-11-31-25(21-27)23-43(39(31)47)33-13-14-35(45)42-38(33)46/h1-12,21-22,33,41,44H,13-20,23H2,(H,42,45,46). The maximum absolute atomic E-state index is 12.9. The molecule has 1 saturated heterocycles. The number of amides is 3. The molecule has 0 aliphatic carbocycles. The van der Waals surface area contributed by atoms with Crippen molar-refractivity contribution >= 4 is 60.8 Å². The summed E-state index contributed by atoms with van der Waals surface area (Å²) in [6, 6.07) is 25.7. The van der Waals surface area contributed by atoms with Crippen LogP contribution in [-0.2, 0) is 25.6 Å². The van der Waals surface area contributed by atoms with Crippen LogP contribution in [0.4, 0.5) is 5.69 Å². The van der Waals surface area contributed by atoms with E-state index in [9.17, 15) is 19.5 Å². The molecule has 3 amide bonds. The van der Waals surface area contributed by atoms with Crippen LogP contribution in [0.3, 0.4) is 0 Å². The molecule has 3 heterocycles. The fourth-order valence-corrected chi connectivity index (χ4v) is 7.60. The zero-order valence-electron chi connectivity index (χ0n) is 28.1. The minimum Gasteiger partial charge on any atom is -0.508 e. The van der Waals surface area contributed by atoms with Crippen molar-refractivity contribution in [2.45, 2.75) is 25.4 Å². The lowest BCUT2D eigenvalue weighted by Crippen LogP contribution is -2.52. The largest absolute Gasteiger partial charge is 0.508 e. The first-order valence-electron chi connectivity index (χ1n) is 16.9. The van der Waals surface area contributed by atoms with Crippen LogP contribution >= 0.6 is 27.3 Å². The minimum atomic E-state index is -0.627. The summed E-state index contributed by atoms with van der Waals surface area (Å²) in [7, 11) is 0. The Balaban J connectivity index is 0.796. The Labute approximate surface area is 312 Å². The van der Waals surface area contributed by atoms with E-state index in [1.165, 1.54) is 0 Å². The average molecular weight is 787 g/mol. The number of hydrogen-bond donors (Lipinski definition) is 3. The van der Waals surface area contributed by atoms with Gasteiger partial charge in [0.25, 0.3) is 5.91 Å². The van der Waals surface area contributed by atoms with Gasteiger partial charge in [0, 0.05) is 45.3 Å². The molecule has 1 unspecified atom stereocenters. The normalized spacial score (nSPS) is 15.5. The van der Waals surface area contributed by atoms with Gasteiger partial charge in [-0.1, -0.05) is 28.1 Å². The first-order chi connectivity index (χ1) is 25.3. The molecule has 2 aliphatic rings.